The van der Waals surface area contributed by atoms with Gasteiger partial charge in [0.25, 0.3) is 0 Å². The van der Waals surface area contributed by atoms with Crippen molar-refractivity contribution in [1.82, 2.24) is 0 Å². The predicted octanol–water partition coefficient (Wildman–Crippen LogP) is 1.95. The molecule has 3 nitrogen and oxygen atoms in total. The molecule has 0 aromatic heterocycles. The van der Waals surface area contributed by atoms with Crippen molar-refractivity contribution >= 4 is 29.1 Å². The van der Waals surface area contributed by atoms with Crippen LogP contribution in [-0.2, 0) is 9.59 Å². The van der Waals surface area contributed by atoms with Gasteiger partial charge in [0.15, 0.2) is 5.78 Å². The van der Waals surface area contributed by atoms with Crippen LogP contribution in [0, 0.1) is 0 Å². The summed E-state index contributed by atoms with van der Waals surface area (Å²) < 4.78 is 0. The summed E-state index contributed by atoms with van der Waals surface area (Å²) in [6.07, 6.45) is 1.79. The molecule has 1 N–H and O–H groups in total. The van der Waals surface area contributed by atoms with E-state index in [1.54, 1.807) is 12.1 Å². The maximum atomic E-state index is 11.4. The van der Waals surface area contributed by atoms with Gasteiger partial charge in [0.1, 0.15) is 0 Å². The van der Waals surface area contributed by atoms with E-state index < -0.39 is 0 Å². The molecule has 0 spiro atoms. The van der Waals surface area contributed by atoms with Gasteiger partial charge in [-0.2, -0.15) is 11.8 Å². The number of benzene rings is 1. The van der Waals surface area contributed by atoms with Gasteiger partial charge >= 0.3 is 0 Å². The van der Waals surface area contributed by atoms with Crippen molar-refractivity contribution in [2.24, 2.45) is 0 Å². The zero-order chi connectivity index (χ0) is 11.1. The van der Waals surface area contributed by atoms with Gasteiger partial charge in [-0.1, -0.05) is 18.2 Å². The number of amides is 1. The topological polar surface area (TPSA) is 46.2 Å². The summed E-state index contributed by atoms with van der Waals surface area (Å²) in [5.74, 6) is 0.0959. The van der Waals surface area contributed by atoms with Crippen molar-refractivity contribution in [1.29, 1.82) is 0 Å². The van der Waals surface area contributed by atoms with Crippen LogP contribution in [-0.4, -0.2) is 23.7 Å². The minimum atomic E-state index is -0.250. The normalized spacial score (nSPS) is 9.67. The molecule has 0 saturated heterocycles. The fraction of sp³-hybridized carbons (Fsp3) is 0.273. The van der Waals surface area contributed by atoms with Gasteiger partial charge in [0.2, 0.25) is 5.91 Å². The summed E-state index contributed by atoms with van der Waals surface area (Å²) in [5, 5.41) is 2.66. The zero-order valence-electron chi connectivity index (χ0n) is 8.53. The summed E-state index contributed by atoms with van der Waals surface area (Å²) in [7, 11) is 0. The first kappa shape index (κ1) is 11.8. The Morgan fingerprint density at radius 2 is 1.93 bits per heavy atom. The third-order valence-electron chi connectivity index (χ3n) is 1.72. The first-order valence-corrected chi connectivity index (χ1v) is 5.97. The van der Waals surface area contributed by atoms with Gasteiger partial charge in [-0.15, -0.1) is 0 Å². The Kier molecular flexibility index (Phi) is 4.90. The van der Waals surface area contributed by atoms with Crippen LogP contribution in [0.1, 0.15) is 6.42 Å². The molecule has 0 unspecified atom stereocenters. The molecule has 1 aromatic rings. The SMILES string of the molecule is CSCC(=O)CC(=O)Nc1ccccc1. The van der Waals surface area contributed by atoms with E-state index in [0.29, 0.717) is 5.75 Å². The van der Waals surface area contributed by atoms with Crippen molar-refractivity contribution in [2.45, 2.75) is 6.42 Å². The molecule has 0 aliphatic carbocycles. The number of nitrogens with one attached hydrogen (secondary N) is 1. The Balaban J connectivity index is 2.40. The van der Waals surface area contributed by atoms with Crippen molar-refractivity contribution in [3.8, 4) is 0 Å². The largest absolute Gasteiger partial charge is 0.326 e. The molecule has 0 fully saturated rings. The van der Waals surface area contributed by atoms with Gasteiger partial charge in [0, 0.05) is 5.69 Å². The number of carbonyl (C=O) groups is 2. The number of ketones is 1. The molecular weight excluding hydrogens is 210 g/mol. The molecule has 0 radical (unpaired) electrons. The van der Waals surface area contributed by atoms with Crippen LogP contribution in [0.15, 0.2) is 30.3 Å². The quantitative estimate of drug-likeness (QED) is 0.776. The maximum absolute atomic E-state index is 11.4. The lowest BCUT2D eigenvalue weighted by Gasteiger charge is -2.03. The number of para-hydroxylation sites is 1. The van der Waals surface area contributed by atoms with Gasteiger partial charge in [-0.05, 0) is 18.4 Å². The third kappa shape index (κ3) is 4.65. The molecule has 80 valence electrons. The summed E-state index contributed by atoms with van der Waals surface area (Å²) in [6, 6.07) is 9.11. The zero-order valence-corrected chi connectivity index (χ0v) is 9.34. The number of hydrogen-bond acceptors (Lipinski definition) is 3. The molecule has 1 rings (SSSR count). The molecule has 1 aromatic carbocycles. The highest BCUT2D eigenvalue weighted by Crippen LogP contribution is 2.06. The minimum Gasteiger partial charge on any atom is -0.326 e. The first-order valence-electron chi connectivity index (χ1n) is 4.58. The van der Waals surface area contributed by atoms with Gasteiger partial charge in [-0.3, -0.25) is 9.59 Å². The van der Waals surface area contributed by atoms with E-state index in [2.05, 4.69) is 5.32 Å². The van der Waals surface area contributed by atoms with Crippen LogP contribution in [0.5, 0.6) is 0 Å². The van der Waals surface area contributed by atoms with E-state index >= 15 is 0 Å². The third-order valence-corrected chi connectivity index (χ3v) is 2.33. The van der Waals surface area contributed by atoms with Crippen molar-refractivity contribution in [2.75, 3.05) is 17.3 Å². The second kappa shape index (κ2) is 6.24. The summed E-state index contributed by atoms with van der Waals surface area (Å²) in [5.41, 5.74) is 0.722. The Labute approximate surface area is 93.3 Å². The van der Waals surface area contributed by atoms with Gasteiger partial charge in [-0.25, -0.2) is 0 Å². The second-order valence-electron chi connectivity index (χ2n) is 3.06. The monoisotopic (exact) mass is 223 g/mol. The molecule has 1 amide bonds. The lowest BCUT2D eigenvalue weighted by molar-refractivity contribution is -0.123. The highest BCUT2D eigenvalue weighted by Gasteiger charge is 2.08. The summed E-state index contributed by atoms with van der Waals surface area (Å²) in [4.78, 5) is 22.5. The summed E-state index contributed by atoms with van der Waals surface area (Å²) >= 11 is 1.43. The van der Waals surface area contributed by atoms with Crippen LogP contribution in [0.4, 0.5) is 5.69 Å². The van der Waals surface area contributed by atoms with Crippen LogP contribution >= 0.6 is 11.8 Å². The molecular formula is C11H13NO2S. The van der Waals surface area contributed by atoms with Gasteiger partial charge < -0.3 is 5.32 Å². The number of anilines is 1. The molecule has 0 heterocycles. The standard InChI is InChI=1S/C11H13NO2S/c1-15-8-10(13)7-11(14)12-9-5-3-2-4-6-9/h2-6H,7-8H2,1H3,(H,12,14). The maximum Gasteiger partial charge on any atom is 0.231 e. The highest BCUT2D eigenvalue weighted by atomic mass is 32.2. The number of hydrogen-bond donors (Lipinski definition) is 1. The Hall–Kier alpha value is -1.29. The number of Topliss-reactive ketones (excluding diaryl/α,β-unsaturated/α-hetero) is 1. The van der Waals surface area contributed by atoms with E-state index in [-0.39, 0.29) is 18.1 Å². The molecule has 15 heavy (non-hydrogen) atoms. The average molecular weight is 223 g/mol. The van der Waals surface area contributed by atoms with Crippen molar-refractivity contribution in [3.63, 3.8) is 0 Å². The second-order valence-corrected chi connectivity index (χ2v) is 3.93. The number of rotatable bonds is 5. The predicted molar refractivity (Wildman–Crippen MR) is 63.1 cm³/mol. The fourth-order valence-electron chi connectivity index (χ4n) is 1.12. The van der Waals surface area contributed by atoms with Crippen molar-refractivity contribution < 1.29 is 9.59 Å². The van der Waals surface area contributed by atoms with E-state index in [4.69, 9.17) is 0 Å². The van der Waals surface area contributed by atoms with E-state index in [1.807, 2.05) is 24.5 Å². The molecule has 0 aliphatic rings. The van der Waals surface area contributed by atoms with E-state index in [1.165, 1.54) is 11.8 Å². The average Bonchev–Trinajstić information content (AvgIpc) is 2.19. The Morgan fingerprint density at radius 1 is 1.27 bits per heavy atom. The molecule has 0 bridgehead atoms. The fourth-order valence-corrected chi connectivity index (χ4v) is 1.54. The Bertz CT molecular complexity index is 338. The minimum absolute atomic E-state index is 0.0454. The first-order chi connectivity index (χ1) is 7.22. The van der Waals surface area contributed by atoms with E-state index in [0.717, 1.165) is 5.69 Å². The van der Waals surface area contributed by atoms with E-state index in [9.17, 15) is 9.59 Å². The number of thioether (sulfide) groups is 1. The smallest absolute Gasteiger partial charge is 0.231 e. The Morgan fingerprint density at radius 3 is 2.53 bits per heavy atom. The molecule has 0 atom stereocenters. The molecule has 0 aliphatic heterocycles. The van der Waals surface area contributed by atoms with Gasteiger partial charge in [0.05, 0.1) is 12.2 Å². The van der Waals surface area contributed by atoms with Crippen LogP contribution in [0.3, 0.4) is 0 Å². The summed E-state index contributed by atoms with van der Waals surface area (Å²) in [6.45, 7) is 0. The highest BCUT2D eigenvalue weighted by molar-refractivity contribution is 7.99. The van der Waals surface area contributed by atoms with Crippen LogP contribution in [0.25, 0.3) is 0 Å². The molecule has 0 saturated carbocycles. The molecule has 4 heteroatoms. The lowest BCUT2D eigenvalue weighted by Crippen LogP contribution is -2.17. The van der Waals surface area contributed by atoms with Crippen molar-refractivity contribution in [3.05, 3.63) is 30.3 Å². The van der Waals surface area contributed by atoms with Crippen LogP contribution < -0.4 is 5.32 Å². The lowest BCUT2D eigenvalue weighted by atomic mass is 10.2. The number of carbonyl (C=O) groups excluding carboxylic acids is 2. The van der Waals surface area contributed by atoms with Crippen LogP contribution in [0.2, 0.25) is 0 Å².